The van der Waals surface area contributed by atoms with Crippen LogP contribution in [0, 0.1) is 38.6 Å². The number of hydrogen-bond acceptors (Lipinski definition) is 5. The van der Waals surface area contributed by atoms with Crippen molar-refractivity contribution in [2.45, 2.75) is 0 Å². The average Bonchev–Trinajstić information content (AvgIpc) is 2.49. The van der Waals surface area contributed by atoms with E-state index in [1.807, 2.05) is 0 Å². The number of benzene rings is 2. The van der Waals surface area contributed by atoms with Gasteiger partial charge in [0.05, 0.1) is 10.5 Å². The molecule has 0 heterocycles. The molecule has 0 atom stereocenters. The predicted molar refractivity (Wildman–Crippen MR) is 72.2 cm³/mol. The van der Waals surface area contributed by atoms with E-state index in [9.17, 15) is 14.5 Å². The van der Waals surface area contributed by atoms with Gasteiger partial charge >= 0.3 is 0 Å². The number of nitrogens with zero attached hydrogens (tertiary/aromatic N) is 3. The maximum absolute atomic E-state index is 13.2. The summed E-state index contributed by atoms with van der Waals surface area (Å²) in [6.07, 6.45) is 0. The lowest BCUT2D eigenvalue weighted by atomic mass is 10.1. The van der Waals surface area contributed by atoms with Crippen LogP contribution in [0.4, 0.5) is 21.5 Å². The summed E-state index contributed by atoms with van der Waals surface area (Å²) in [7, 11) is 0. The van der Waals surface area contributed by atoms with Crippen LogP contribution in [-0.4, -0.2) is 4.92 Å². The summed E-state index contributed by atoms with van der Waals surface area (Å²) in [6, 6.07) is 11.3. The molecule has 102 valence electrons. The van der Waals surface area contributed by atoms with Crippen LogP contribution in [0.5, 0.6) is 0 Å². The minimum absolute atomic E-state index is 0.0534. The SMILES string of the molecule is N#Cc1cc(Nc2ccc(C#N)c([N+](=O)[O-])c2)ccc1F. The summed E-state index contributed by atoms with van der Waals surface area (Å²) >= 11 is 0. The van der Waals surface area contributed by atoms with E-state index in [2.05, 4.69) is 5.32 Å². The maximum Gasteiger partial charge on any atom is 0.289 e. The van der Waals surface area contributed by atoms with E-state index in [1.165, 1.54) is 30.3 Å². The van der Waals surface area contributed by atoms with E-state index in [0.717, 1.165) is 6.07 Å². The lowest BCUT2D eigenvalue weighted by Crippen LogP contribution is -1.96. The van der Waals surface area contributed by atoms with Gasteiger partial charge in [-0.15, -0.1) is 0 Å². The zero-order chi connectivity index (χ0) is 15.4. The van der Waals surface area contributed by atoms with E-state index in [4.69, 9.17) is 10.5 Å². The van der Waals surface area contributed by atoms with Gasteiger partial charge < -0.3 is 5.32 Å². The molecule has 0 radical (unpaired) electrons. The molecule has 0 aliphatic rings. The van der Waals surface area contributed by atoms with Gasteiger partial charge in [0.1, 0.15) is 23.5 Å². The monoisotopic (exact) mass is 282 g/mol. The fourth-order valence-electron chi connectivity index (χ4n) is 1.71. The quantitative estimate of drug-likeness (QED) is 0.687. The molecule has 21 heavy (non-hydrogen) atoms. The number of anilines is 2. The molecule has 7 heteroatoms. The molecular weight excluding hydrogens is 275 g/mol. The lowest BCUT2D eigenvalue weighted by molar-refractivity contribution is -0.385. The van der Waals surface area contributed by atoms with Gasteiger partial charge in [-0.3, -0.25) is 10.1 Å². The number of nitrogens with one attached hydrogen (secondary N) is 1. The van der Waals surface area contributed by atoms with Gasteiger partial charge in [-0.25, -0.2) is 4.39 Å². The van der Waals surface area contributed by atoms with Crippen molar-refractivity contribution >= 4 is 17.1 Å². The molecule has 2 rings (SSSR count). The van der Waals surface area contributed by atoms with Gasteiger partial charge in [0.25, 0.3) is 5.69 Å². The zero-order valence-electron chi connectivity index (χ0n) is 10.5. The van der Waals surface area contributed by atoms with Crippen molar-refractivity contribution in [1.82, 2.24) is 0 Å². The summed E-state index contributed by atoms with van der Waals surface area (Å²) in [5, 5.41) is 31.2. The molecule has 0 aromatic heterocycles. The molecule has 2 aromatic rings. The number of nitriles is 2. The number of nitro benzene ring substituents is 1. The topological polar surface area (TPSA) is 103 Å². The molecule has 0 saturated heterocycles. The van der Waals surface area contributed by atoms with Crippen LogP contribution >= 0.6 is 0 Å². The Morgan fingerprint density at radius 1 is 1.05 bits per heavy atom. The lowest BCUT2D eigenvalue weighted by Gasteiger charge is -2.07. The molecule has 6 nitrogen and oxygen atoms in total. The largest absolute Gasteiger partial charge is 0.355 e. The molecule has 0 bridgehead atoms. The van der Waals surface area contributed by atoms with Crippen LogP contribution in [0.3, 0.4) is 0 Å². The Balaban J connectivity index is 2.37. The Kier molecular flexibility index (Phi) is 3.78. The van der Waals surface area contributed by atoms with Gasteiger partial charge in [0, 0.05) is 17.4 Å². The van der Waals surface area contributed by atoms with Crippen molar-refractivity contribution in [2.75, 3.05) is 5.32 Å². The van der Waals surface area contributed by atoms with Crippen molar-refractivity contribution in [1.29, 1.82) is 10.5 Å². The highest BCUT2D eigenvalue weighted by Crippen LogP contribution is 2.25. The van der Waals surface area contributed by atoms with Gasteiger partial charge in [-0.05, 0) is 30.3 Å². The van der Waals surface area contributed by atoms with Crippen molar-refractivity contribution < 1.29 is 9.31 Å². The summed E-state index contributed by atoms with van der Waals surface area (Å²) in [5.41, 5.74) is 0.249. The first kappa shape index (κ1) is 14.0. The molecule has 0 amide bonds. The van der Waals surface area contributed by atoms with E-state index in [1.54, 1.807) is 12.1 Å². The predicted octanol–water partition coefficient (Wildman–Crippen LogP) is 3.22. The van der Waals surface area contributed by atoms with Crippen molar-refractivity contribution in [3.63, 3.8) is 0 Å². The smallest absolute Gasteiger partial charge is 0.289 e. The van der Waals surface area contributed by atoms with E-state index in [-0.39, 0.29) is 16.8 Å². The number of rotatable bonds is 3. The Bertz CT molecular complexity index is 806. The Morgan fingerprint density at radius 2 is 1.67 bits per heavy atom. The molecule has 0 unspecified atom stereocenters. The summed E-state index contributed by atoms with van der Waals surface area (Å²) in [4.78, 5) is 10.2. The number of halogens is 1. The fraction of sp³-hybridized carbons (Fsp3) is 0. The molecule has 1 N–H and O–H groups in total. The van der Waals surface area contributed by atoms with E-state index < -0.39 is 10.7 Å². The Morgan fingerprint density at radius 3 is 2.29 bits per heavy atom. The second kappa shape index (κ2) is 5.68. The van der Waals surface area contributed by atoms with Crippen LogP contribution in [-0.2, 0) is 0 Å². The van der Waals surface area contributed by atoms with Gasteiger partial charge in [0.2, 0.25) is 0 Å². The highest BCUT2D eigenvalue weighted by Gasteiger charge is 2.14. The zero-order valence-corrected chi connectivity index (χ0v) is 10.5. The Labute approximate surface area is 118 Å². The third-order valence-electron chi connectivity index (χ3n) is 2.69. The summed E-state index contributed by atoms with van der Waals surface area (Å²) in [5.74, 6) is -0.645. The number of nitro groups is 1. The third kappa shape index (κ3) is 2.94. The molecule has 0 aliphatic heterocycles. The van der Waals surface area contributed by atoms with Crippen LogP contribution in [0.25, 0.3) is 0 Å². The summed E-state index contributed by atoms with van der Waals surface area (Å²) in [6.45, 7) is 0. The standard InChI is InChI=1S/C14H7FN4O2/c15-13-4-3-11(5-10(13)8-17)18-12-2-1-9(7-16)14(6-12)19(20)21/h1-6,18H. The first-order chi connectivity index (χ1) is 10.0. The minimum atomic E-state index is -0.658. The van der Waals surface area contributed by atoms with Crippen molar-refractivity contribution in [3.8, 4) is 12.1 Å². The molecule has 0 aliphatic carbocycles. The normalized spacial score (nSPS) is 9.48. The first-order valence-electron chi connectivity index (χ1n) is 5.70. The van der Waals surface area contributed by atoms with E-state index in [0.29, 0.717) is 11.4 Å². The first-order valence-corrected chi connectivity index (χ1v) is 5.70. The molecular formula is C14H7FN4O2. The van der Waals surface area contributed by atoms with Crippen molar-refractivity contribution in [3.05, 3.63) is 63.5 Å². The highest BCUT2D eigenvalue weighted by atomic mass is 19.1. The molecule has 0 saturated carbocycles. The highest BCUT2D eigenvalue weighted by molar-refractivity contribution is 5.66. The average molecular weight is 282 g/mol. The van der Waals surface area contributed by atoms with Crippen LogP contribution in [0.1, 0.15) is 11.1 Å². The molecule has 2 aromatic carbocycles. The molecule has 0 fully saturated rings. The number of hydrogen-bond donors (Lipinski definition) is 1. The van der Waals surface area contributed by atoms with Crippen molar-refractivity contribution in [2.24, 2.45) is 0 Å². The maximum atomic E-state index is 13.2. The Hall–Kier alpha value is -3.45. The van der Waals surface area contributed by atoms with Crippen LogP contribution < -0.4 is 5.32 Å². The van der Waals surface area contributed by atoms with Crippen LogP contribution in [0.15, 0.2) is 36.4 Å². The van der Waals surface area contributed by atoms with Gasteiger partial charge in [-0.2, -0.15) is 10.5 Å². The second-order valence-corrected chi connectivity index (χ2v) is 4.03. The van der Waals surface area contributed by atoms with Crippen LogP contribution in [0.2, 0.25) is 0 Å². The van der Waals surface area contributed by atoms with E-state index >= 15 is 0 Å². The minimum Gasteiger partial charge on any atom is -0.355 e. The second-order valence-electron chi connectivity index (χ2n) is 4.03. The third-order valence-corrected chi connectivity index (χ3v) is 2.69. The summed E-state index contributed by atoms with van der Waals surface area (Å²) < 4.78 is 13.2. The fourth-order valence-corrected chi connectivity index (χ4v) is 1.71. The van der Waals surface area contributed by atoms with Gasteiger partial charge in [0.15, 0.2) is 0 Å². The molecule has 0 spiro atoms. The van der Waals surface area contributed by atoms with Gasteiger partial charge in [-0.1, -0.05) is 0 Å².